The standard InChI is InChI=1S/C22H18N2O/c25-22(14-12-13-14)24-20-11-4-2-7-16(20)18-9-5-8-17-15-6-1-3-10-19(15)23-21(17)18/h1-11,14,23H,12-13H2,(H,24,25). The van der Waals surface area contributed by atoms with Gasteiger partial charge in [-0.15, -0.1) is 0 Å². The first kappa shape index (κ1) is 14.3. The fourth-order valence-electron chi connectivity index (χ4n) is 3.50. The van der Waals surface area contributed by atoms with E-state index in [4.69, 9.17) is 0 Å². The summed E-state index contributed by atoms with van der Waals surface area (Å²) in [5.41, 5.74) is 5.28. The highest BCUT2D eigenvalue weighted by Crippen LogP contribution is 2.37. The van der Waals surface area contributed by atoms with Gasteiger partial charge in [-0.3, -0.25) is 4.79 Å². The molecule has 0 saturated heterocycles. The van der Waals surface area contributed by atoms with Gasteiger partial charge in [0.15, 0.2) is 0 Å². The van der Waals surface area contributed by atoms with E-state index < -0.39 is 0 Å². The van der Waals surface area contributed by atoms with Gasteiger partial charge in [-0.2, -0.15) is 0 Å². The molecule has 1 aromatic heterocycles. The van der Waals surface area contributed by atoms with Gasteiger partial charge in [0.2, 0.25) is 5.91 Å². The van der Waals surface area contributed by atoms with Crippen LogP contribution in [0.25, 0.3) is 32.9 Å². The highest BCUT2D eigenvalue weighted by Gasteiger charge is 2.30. The lowest BCUT2D eigenvalue weighted by molar-refractivity contribution is -0.117. The zero-order valence-corrected chi connectivity index (χ0v) is 13.8. The molecule has 3 nitrogen and oxygen atoms in total. The number of carbonyl (C=O) groups is 1. The van der Waals surface area contributed by atoms with E-state index in [0.29, 0.717) is 0 Å². The molecule has 122 valence electrons. The van der Waals surface area contributed by atoms with Crippen molar-refractivity contribution in [1.29, 1.82) is 0 Å². The van der Waals surface area contributed by atoms with Gasteiger partial charge in [-0.05, 0) is 25.0 Å². The summed E-state index contributed by atoms with van der Waals surface area (Å²) in [6.07, 6.45) is 2.01. The van der Waals surface area contributed by atoms with Gasteiger partial charge in [0.05, 0.1) is 5.52 Å². The van der Waals surface area contributed by atoms with Gasteiger partial charge in [-0.1, -0.05) is 54.6 Å². The number of rotatable bonds is 3. The quantitative estimate of drug-likeness (QED) is 0.524. The van der Waals surface area contributed by atoms with Gasteiger partial charge in [0, 0.05) is 39.0 Å². The Morgan fingerprint density at radius 3 is 2.44 bits per heavy atom. The average Bonchev–Trinajstić information content (AvgIpc) is 3.43. The minimum atomic E-state index is 0.135. The third-order valence-electron chi connectivity index (χ3n) is 4.96. The number of anilines is 1. The molecule has 1 aliphatic carbocycles. The minimum absolute atomic E-state index is 0.135. The Bertz CT molecular complexity index is 1110. The first-order valence-corrected chi connectivity index (χ1v) is 8.71. The Morgan fingerprint density at radius 1 is 0.840 bits per heavy atom. The lowest BCUT2D eigenvalue weighted by atomic mass is 10.0. The van der Waals surface area contributed by atoms with Crippen LogP contribution in [0.5, 0.6) is 0 Å². The van der Waals surface area contributed by atoms with E-state index in [0.717, 1.165) is 40.7 Å². The van der Waals surface area contributed by atoms with Crippen molar-refractivity contribution in [3.8, 4) is 11.1 Å². The van der Waals surface area contributed by atoms with E-state index >= 15 is 0 Å². The molecule has 0 unspecified atom stereocenters. The van der Waals surface area contributed by atoms with Crippen molar-refractivity contribution >= 4 is 33.4 Å². The number of hydrogen-bond acceptors (Lipinski definition) is 1. The largest absolute Gasteiger partial charge is 0.354 e. The number of amides is 1. The van der Waals surface area contributed by atoms with Crippen LogP contribution in [0.15, 0.2) is 66.7 Å². The molecule has 0 bridgehead atoms. The van der Waals surface area contributed by atoms with Crippen molar-refractivity contribution in [2.45, 2.75) is 12.8 Å². The molecule has 0 aliphatic heterocycles. The molecule has 0 radical (unpaired) electrons. The fourth-order valence-corrected chi connectivity index (χ4v) is 3.50. The lowest BCUT2D eigenvalue weighted by Gasteiger charge is -2.12. The van der Waals surface area contributed by atoms with Crippen molar-refractivity contribution in [3.05, 3.63) is 66.7 Å². The van der Waals surface area contributed by atoms with Crippen molar-refractivity contribution in [3.63, 3.8) is 0 Å². The molecule has 5 rings (SSSR count). The molecule has 25 heavy (non-hydrogen) atoms. The predicted octanol–water partition coefficient (Wildman–Crippen LogP) is 5.34. The normalized spacial score (nSPS) is 14.1. The molecule has 1 heterocycles. The van der Waals surface area contributed by atoms with Gasteiger partial charge in [-0.25, -0.2) is 0 Å². The number of hydrogen-bond donors (Lipinski definition) is 2. The van der Waals surface area contributed by atoms with Gasteiger partial charge in [0.1, 0.15) is 0 Å². The molecule has 1 aliphatic rings. The molecule has 1 saturated carbocycles. The third-order valence-corrected chi connectivity index (χ3v) is 4.96. The number of aromatic nitrogens is 1. The molecule has 0 spiro atoms. The number of carbonyl (C=O) groups excluding carboxylic acids is 1. The van der Waals surface area contributed by atoms with Crippen LogP contribution in [0.1, 0.15) is 12.8 Å². The number of H-pyrrole nitrogens is 1. The van der Waals surface area contributed by atoms with Crippen LogP contribution in [0.3, 0.4) is 0 Å². The van der Waals surface area contributed by atoms with Gasteiger partial charge in [0.25, 0.3) is 0 Å². The molecule has 4 aromatic rings. The van der Waals surface area contributed by atoms with Crippen LogP contribution >= 0.6 is 0 Å². The van der Waals surface area contributed by atoms with E-state index in [9.17, 15) is 4.79 Å². The Balaban J connectivity index is 1.69. The zero-order chi connectivity index (χ0) is 16.8. The summed E-state index contributed by atoms with van der Waals surface area (Å²) >= 11 is 0. The molecule has 3 heteroatoms. The SMILES string of the molecule is O=C(Nc1ccccc1-c1cccc2c1[nH]c1ccccc12)C1CC1. The summed E-state index contributed by atoms with van der Waals surface area (Å²) in [4.78, 5) is 15.8. The second-order valence-corrected chi connectivity index (χ2v) is 6.71. The summed E-state index contributed by atoms with van der Waals surface area (Å²) in [5.74, 6) is 0.327. The maximum atomic E-state index is 12.2. The Hall–Kier alpha value is -3.07. The first-order valence-electron chi connectivity index (χ1n) is 8.71. The van der Waals surface area contributed by atoms with E-state index in [-0.39, 0.29) is 11.8 Å². The highest BCUT2D eigenvalue weighted by molar-refractivity contribution is 6.13. The van der Waals surface area contributed by atoms with Crippen molar-refractivity contribution in [2.75, 3.05) is 5.32 Å². The first-order chi connectivity index (χ1) is 12.3. The number of nitrogens with one attached hydrogen (secondary N) is 2. The number of fused-ring (bicyclic) bond motifs is 3. The van der Waals surface area contributed by atoms with E-state index in [2.05, 4.69) is 52.8 Å². The zero-order valence-electron chi connectivity index (χ0n) is 13.8. The maximum Gasteiger partial charge on any atom is 0.227 e. The third kappa shape index (κ3) is 2.40. The summed E-state index contributed by atoms with van der Waals surface area (Å²) < 4.78 is 0. The summed E-state index contributed by atoms with van der Waals surface area (Å²) in [6, 6.07) is 22.7. The average molecular weight is 326 g/mol. The molecular weight excluding hydrogens is 308 g/mol. The van der Waals surface area contributed by atoms with Crippen molar-refractivity contribution in [1.82, 2.24) is 4.98 Å². The lowest BCUT2D eigenvalue weighted by Crippen LogP contribution is -2.13. The van der Waals surface area contributed by atoms with Crippen LogP contribution in [0.2, 0.25) is 0 Å². The smallest absolute Gasteiger partial charge is 0.227 e. The highest BCUT2D eigenvalue weighted by atomic mass is 16.2. The number of aromatic amines is 1. The second-order valence-electron chi connectivity index (χ2n) is 6.71. The maximum absolute atomic E-state index is 12.2. The van der Waals surface area contributed by atoms with E-state index in [1.165, 1.54) is 10.8 Å². The van der Waals surface area contributed by atoms with Crippen molar-refractivity contribution < 1.29 is 4.79 Å². The Labute approximate surface area is 145 Å². The monoisotopic (exact) mass is 326 g/mol. The molecule has 3 aromatic carbocycles. The fraction of sp³-hybridized carbons (Fsp3) is 0.136. The van der Waals surface area contributed by atoms with Gasteiger partial charge < -0.3 is 10.3 Å². The van der Waals surface area contributed by atoms with Crippen LogP contribution in [0, 0.1) is 5.92 Å². The number of benzene rings is 3. The molecule has 1 fully saturated rings. The minimum Gasteiger partial charge on any atom is -0.354 e. The van der Waals surface area contributed by atoms with Crippen LogP contribution in [-0.2, 0) is 4.79 Å². The molecule has 2 N–H and O–H groups in total. The van der Waals surface area contributed by atoms with Crippen LogP contribution < -0.4 is 5.32 Å². The van der Waals surface area contributed by atoms with Crippen molar-refractivity contribution in [2.24, 2.45) is 5.92 Å². The topological polar surface area (TPSA) is 44.9 Å². The van der Waals surface area contributed by atoms with Gasteiger partial charge >= 0.3 is 0 Å². The second kappa shape index (κ2) is 5.49. The van der Waals surface area contributed by atoms with E-state index in [1.54, 1.807) is 0 Å². The van der Waals surface area contributed by atoms with Crippen LogP contribution in [-0.4, -0.2) is 10.9 Å². The Kier molecular flexibility index (Phi) is 3.14. The summed E-state index contributed by atoms with van der Waals surface area (Å²) in [7, 11) is 0. The van der Waals surface area contributed by atoms with E-state index in [1.807, 2.05) is 24.3 Å². The predicted molar refractivity (Wildman–Crippen MR) is 103 cm³/mol. The molecule has 1 amide bonds. The van der Waals surface area contributed by atoms with Crippen LogP contribution in [0.4, 0.5) is 5.69 Å². The summed E-state index contributed by atoms with van der Waals surface area (Å²) in [5, 5.41) is 5.54. The summed E-state index contributed by atoms with van der Waals surface area (Å²) in [6.45, 7) is 0. The molecular formula is C22H18N2O. The molecule has 0 atom stereocenters. The number of para-hydroxylation sites is 3. The Morgan fingerprint density at radius 2 is 1.56 bits per heavy atom.